The number of carbonyl (C=O) groups is 2. The zero-order chi connectivity index (χ0) is 17.7. The molecule has 24 heavy (non-hydrogen) atoms. The van der Waals surface area contributed by atoms with E-state index in [2.05, 4.69) is 10.3 Å². The number of carbonyl (C=O) groups excluding carboxylic acids is 2. The topological polar surface area (TPSA) is 77.5 Å². The minimum atomic E-state index is -0.847. The smallest absolute Gasteiger partial charge is 0.347 e. The summed E-state index contributed by atoms with van der Waals surface area (Å²) in [6.45, 7) is 4.80. The van der Waals surface area contributed by atoms with Crippen LogP contribution in [0.5, 0.6) is 5.75 Å². The lowest BCUT2D eigenvalue weighted by Crippen LogP contribution is -2.29. The van der Waals surface area contributed by atoms with Crippen molar-refractivity contribution >= 4 is 39.9 Å². The minimum Gasteiger partial charge on any atom is -0.479 e. The maximum atomic E-state index is 11.9. The number of aromatic nitrogens is 1. The molecule has 2 rings (SSSR count). The van der Waals surface area contributed by atoms with Crippen LogP contribution in [-0.2, 0) is 14.3 Å². The van der Waals surface area contributed by atoms with Crippen molar-refractivity contribution in [1.82, 2.24) is 4.98 Å². The van der Waals surface area contributed by atoms with Gasteiger partial charge < -0.3 is 9.47 Å². The number of hydrogen-bond acceptors (Lipinski definition) is 6. The van der Waals surface area contributed by atoms with E-state index >= 15 is 0 Å². The van der Waals surface area contributed by atoms with Crippen molar-refractivity contribution in [2.75, 3.05) is 11.9 Å². The highest BCUT2D eigenvalue weighted by atomic mass is 35.5. The van der Waals surface area contributed by atoms with E-state index in [1.165, 1.54) is 11.3 Å². The molecule has 1 aromatic heterocycles. The average molecular weight is 369 g/mol. The van der Waals surface area contributed by atoms with E-state index in [0.717, 1.165) is 11.3 Å². The van der Waals surface area contributed by atoms with Gasteiger partial charge in [-0.2, -0.15) is 0 Å². The predicted molar refractivity (Wildman–Crippen MR) is 92.7 cm³/mol. The van der Waals surface area contributed by atoms with Crippen LogP contribution < -0.4 is 10.1 Å². The molecule has 0 saturated carbocycles. The molecule has 0 fully saturated rings. The summed E-state index contributed by atoms with van der Waals surface area (Å²) in [5.41, 5.74) is 1.62. The molecule has 0 aliphatic heterocycles. The molecule has 1 amide bonds. The standard InChI is InChI=1S/C16H17ClN2O4S/c1-9-6-12(17)4-5-13(9)23-11(3)15(21)22-7-14(20)19-16-18-10(2)8-24-16/h4-6,8,11H,7H2,1-3H3,(H,18,19,20). The maximum absolute atomic E-state index is 11.9. The Morgan fingerprint density at radius 3 is 2.75 bits per heavy atom. The second kappa shape index (κ2) is 8.12. The van der Waals surface area contributed by atoms with Crippen molar-refractivity contribution in [3.05, 3.63) is 39.9 Å². The molecule has 1 aromatic carbocycles. The number of thiazole rings is 1. The Hall–Kier alpha value is -2.12. The SMILES string of the molecule is Cc1csc(NC(=O)COC(=O)C(C)Oc2ccc(Cl)cc2C)n1. The lowest BCUT2D eigenvalue weighted by molar-refractivity contribution is -0.153. The Kier molecular flexibility index (Phi) is 6.16. The highest BCUT2D eigenvalue weighted by molar-refractivity contribution is 7.13. The third kappa shape index (κ3) is 5.21. The molecule has 1 unspecified atom stereocenters. The molecule has 2 aromatic rings. The Morgan fingerprint density at radius 1 is 1.38 bits per heavy atom. The number of nitrogens with zero attached hydrogens (tertiary/aromatic N) is 1. The largest absolute Gasteiger partial charge is 0.479 e. The molecule has 1 heterocycles. The van der Waals surface area contributed by atoms with Crippen LogP contribution in [0.4, 0.5) is 5.13 Å². The van der Waals surface area contributed by atoms with Crippen molar-refractivity contribution in [3.63, 3.8) is 0 Å². The van der Waals surface area contributed by atoms with E-state index < -0.39 is 24.6 Å². The van der Waals surface area contributed by atoms with Crippen LogP contribution >= 0.6 is 22.9 Å². The van der Waals surface area contributed by atoms with Crippen LogP contribution in [0.25, 0.3) is 0 Å². The van der Waals surface area contributed by atoms with Gasteiger partial charge in [0.25, 0.3) is 5.91 Å². The van der Waals surface area contributed by atoms with Gasteiger partial charge in [-0.3, -0.25) is 10.1 Å². The molecule has 0 aliphatic rings. The number of ether oxygens (including phenoxy) is 2. The molecule has 0 saturated heterocycles. The molecule has 128 valence electrons. The van der Waals surface area contributed by atoms with Crippen molar-refractivity contribution in [3.8, 4) is 5.75 Å². The van der Waals surface area contributed by atoms with Gasteiger partial charge in [-0.05, 0) is 44.5 Å². The van der Waals surface area contributed by atoms with E-state index in [-0.39, 0.29) is 0 Å². The van der Waals surface area contributed by atoms with Crippen LogP contribution in [-0.4, -0.2) is 29.6 Å². The molecular weight excluding hydrogens is 352 g/mol. The quantitative estimate of drug-likeness (QED) is 0.791. The molecule has 1 N–H and O–H groups in total. The number of anilines is 1. The minimum absolute atomic E-state index is 0.398. The van der Waals surface area contributed by atoms with Gasteiger partial charge in [-0.1, -0.05) is 11.6 Å². The number of rotatable bonds is 6. The van der Waals surface area contributed by atoms with Crippen LogP contribution in [0.3, 0.4) is 0 Å². The summed E-state index contributed by atoms with van der Waals surface area (Å²) >= 11 is 7.18. The van der Waals surface area contributed by atoms with Crippen LogP contribution in [0, 0.1) is 13.8 Å². The number of hydrogen-bond donors (Lipinski definition) is 1. The molecule has 8 heteroatoms. The van der Waals surface area contributed by atoms with Crippen molar-refractivity contribution in [2.45, 2.75) is 26.9 Å². The monoisotopic (exact) mass is 368 g/mol. The maximum Gasteiger partial charge on any atom is 0.347 e. The Labute approximate surface area is 148 Å². The second-order valence-corrected chi connectivity index (χ2v) is 6.41. The lowest BCUT2D eigenvalue weighted by atomic mass is 10.2. The number of nitrogens with one attached hydrogen (secondary N) is 1. The Morgan fingerprint density at radius 2 is 2.12 bits per heavy atom. The van der Waals surface area contributed by atoms with Crippen molar-refractivity contribution < 1.29 is 19.1 Å². The van der Waals surface area contributed by atoms with Gasteiger partial charge in [0, 0.05) is 10.4 Å². The van der Waals surface area contributed by atoms with Crippen LogP contribution in [0.2, 0.25) is 5.02 Å². The Bertz CT molecular complexity index is 747. The third-order valence-corrected chi connectivity index (χ3v) is 4.09. The van der Waals surface area contributed by atoms with E-state index in [0.29, 0.717) is 15.9 Å². The summed E-state index contributed by atoms with van der Waals surface area (Å²) in [7, 11) is 0. The van der Waals surface area contributed by atoms with Gasteiger partial charge in [-0.15, -0.1) is 11.3 Å². The molecule has 6 nitrogen and oxygen atoms in total. The summed E-state index contributed by atoms with van der Waals surface area (Å²) in [6, 6.07) is 5.09. The van der Waals surface area contributed by atoms with Gasteiger partial charge in [-0.25, -0.2) is 9.78 Å². The Balaban J connectivity index is 1.81. The first-order valence-corrected chi connectivity index (χ1v) is 8.42. The molecule has 0 spiro atoms. The first kappa shape index (κ1) is 18.2. The highest BCUT2D eigenvalue weighted by Gasteiger charge is 2.19. The zero-order valence-electron chi connectivity index (χ0n) is 13.5. The van der Waals surface area contributed by atoms with Gasteiger partial charge >= 0.3 is 5.97 Å². The molecular formula is C16H17ClN2O4S. The summed E-state index contributed by atoms with van der Waals surface area (Å²) in [5, 5.41) is 5.42. The average Bonchev–Trinajstić information content (AvgIpc) is 2.92. The number of esters is 1. The van der Waals surface area contributed by atoms with Crippen LogP contribution in [0.15, 0.2) is 23.6 Å². The van der Waals surface area contributed by atoms with E-state index in [9.17, 15) is 9.59 Å². The fourth-order valence-electron chi connectivity index (χ4n) is 1.80. The summed E-state index contributed by atoms with van der Waals surface area (Å²) < 4.78 is 10.5. The van der Waals surface area contributed by atoms with Gasteiger partial charge in [0.05, 0.1) is 5.69 Å². The summed E-state index contributed by atoms with van der Waals surface area (Å²) in [4.78, 5) is 27.7. The first-order valence-electron chi connectivity index (χ1n) is 7.16. The summed E-state index contributed by atoms with van der Waals surface area (Å²) in [5.74, 6) is -0.547. The molecule has 0 radical (unpaired) electrons. The number of halogens is 1. The number of benzene rings is 1. The highest BCUT2D eigenvalue weighted by Crippen LogP contribution is 2.23. The third-order valence-electron chi connectivity index (χ3n) is 2.98. The second-order valence-electron chi connectivity index (χ2n) is 5.12. The van der Waals surface area contributed by atoms with E-state index in [1.54, 1.807) is 25.1 Å². The zero-order valence-corrected chi connectivity index (χ0v) is 15.0. The molecule has 0 aliphatic carbocycles. The van der Waals surface area contributed by atoms with Gasteiger partial charge in [0.1, 0.15) is 5.75 Å². The lowest BCUT2D eigenvalue weighted by Gasteiger charge is -2.15. The van der Waals surface area contributed by atoms with E-state index in [4.69, 9.17) is 21.1 Å². The van der Waals surface area contributed by atoms with Crippen molar-refractivity contribution in [1.29, 1.82) is 0 Å². The predicted octanol–water partition coefficient (Wildman–Crippen LogP) is 3.36. The van der Waals surface area contributed by atoms with Gasteiger partial charge in [0.15, 0.2) is 17.8 Å². The fourth-order valence-corrected chi connectivity index (χ4v) is 2.74. The number of aryl methyl sites for hydroxylation is 2. The molecule has 1 atom stereocenters. The summed E-state index contributed by atoms with van der Waals surface area (Å²) in [6.07, 6.45) is -0.847. The number of amides is 1. The first-order chi connectivity index (χ1) is 11.3. The fraction of sp³-hybridized carbons (Fsp3) is 0.312. The van der Waals surface area contributed by atoms with E-state index in [1.807, 2.05) is 19.2 Å². The molecule has 0 bridgehead atoms. The van der Waals surface area contributed by atoms with Crippen LogP contribution in [0.1, 0.15) is 18.2 Å². The normalized spacial score (nSPS) is 11.7. The van der Waals surface area contributed by atoms with Crippen molar-refractivity contribution in [2.24, 2.45) is 0 Å². The van der Waals surface area contributed by atoms with Gasteiger partial charge in [0.2, 0.25) is 0 Å².